The van der Waals surface area contributed by atoms with Gasteiger partial charge in [0.25, 0.3) is 0 Å². The SMILES string of the molecule is COc1cccc(-c2c(CC(=O)O)nn(C)c2C)c1. The van der Waals surface area contributed by atoms with E-state index in [0.717, 1.165) is 22.6 Å². The van der Waals surface area contributed by atoms with Crippen LogP contribution < -0.4 is 4.74 Å². The Kier molecular flexibility index (Phi) is 3.55. The molecule has 2 aromatic rings. The summed E-state index contributed by atoms with van der Waals surface area (Å²) in [5.41, 5.74) is 3.29. The number of aryl methyl sites for hydroxylation is 1. The summed E-state index contributed by atoms with van der Waals surface area (Å²) in [5.74, 6) is -0.149. The number of benzene rings is 1. The van der Waals surface area contributed by atoms with E-state index in [1.165, 1.54) is 0 Å². The number of aliphatic carboxylic acids is 1. The molecule has 1 heterocycles. The molecule has 100 valence electrons. The van der Waals surface area contributed by atoms with Crippen LogP contribution in [0.4, 0.5) is 0 Å². The Bertz CT molecular complexity index is 617. The second-order valence-electron chi connectivity index (χ2n) is 4.33. The molecular formula is C14H16N2O3. The number of hydrogen-bond donors (Lipinski definition) is 1. The summed E-state index contributed by atoms with van der Waals surface area (Å²) in [6, 6.07) is 7.55. The average Bonchev–Trinajstić information content (AvgIpc) is 2.64. The van der Waals surface area contributed by atoms with Gasteiger partial charge < -0.3 is 9.84 Å². The van der Waals surface area contributed by atoms with Gasteiger partial charge in [0.05, 0.1) is 19.2 Å². The Labute approximate surface area is 111 Å². The first-order valence-corrected chi connectivity index (χ1v) is 5.91. The van der Waals surface area contributed by atoms with Gasteiger partial charge in [-0.05, 0) is 24.6 Å². The van der Waals surface area contributed by atoms with Crippen LogP contribution in [0.3, 0.4) is 0 Å². The normalized spacial score (nSPS) is 10.5. The van der Waals surface area contributed by atoms with E-state index in [2.05, 4.69) is 5.10 Å². The van der Waals surface area contributed by atoms with Gasteiger partial charge in [-0.3, -0.25) is 9.48 Å². The van der Waals surface area contributed by atoms with E-state index in [-0.39, 0.29) is 6.42 Å². The highest BCUT2D eigenvalue weighted by molar-refractivity contribution is 5.77. The van der Waals surface area contributed by atoms with Gasteiger partial charge in [0, 0.05) is 18.3 Å². The van der Waals surface area contributed by atoms with Gasteiger partial charge in [-0.1, -0.05) is 12.1 Å². The van der Waals surface area contributed by atoms with Crippen molar-refractivity contribution in [1.29, 1.82) is 0 Å². The van der Waals surface area contributed by atoms with E-state index in [1.54, 1.807) is 11.8 Å². The summed E-state index contributed by atoms with van der Waals surface area (Å²) < 4.78 is 6.90. The van der Waals surface area contributed by atoms with Crippen LogP contribution in [0.15, 0.2) is 24.3 Å². The molecule has 5 nitrogen and oxygen atoms in total. The maximum Gasteiger partial charge on any atom is 0.309 e. The van der Waals surface area contributed by atoms with E-state index in [9.17, 15) is 4.79 Å². The fraction of sp³-hybridized carbons (Fsp3) is 0.286. The monoisotopic (exact) mass is 260 g/mol. The van der Waals surface area contributed by atoms with Gasteiger partial charge in [0.2, 0.25) is 0 Å². The molecule has 19 heavy (non-hydrogen) atoms. The van der Waals surface area contributed by atoms with E-state index in [0.29, 0.717) is 5.69 Å². The lowest BCUT2D eigenvalue weighted by molar-refractivity contribution is -0.136. The average molecular weight is 260 g/mol. The second-order valence-corrected chi connectivity index (χ2v) is 4.33. The van der Waals surface area contributed by atoms with Crippen LogP contribution in [0.25, 0.3) is 11.1 Å². The van der Waals surface area contributed by atoms with Gasteiger partial charge >= 0.3 is 5.97 Å². The zero-order chi connectivity index (χ0) is 14.0. The predicted octanol–water partition coefficient (Wildman–Crippen LogP) is 2.03. The third-order valence-corrected chi connectivity index (χ3v) is 3.08. The molecule has 0 saturated heterocycles. The molecule has 1 aromatic heterocycles. The molecule has 2 rings (SSSR count). The molecule has 5 heteroatoms. The molecule has 0 fully saturated rings. The zero-order valence-electron chi connectivity index (χ0n) is 11.2. The Morgan fingerprint density at radius 2 is 2.21 bits per heavy atom. The molecule has 0 radical (unpaired) electrons. The molecule has 0 saturated carbocycles. The lowest BCUT2D eigenvalue weighted by atomic mass is 10.0. The molecule has 0 bridgehead atoms. The summed E-state index contributed by atoms with van der Waals surface area (Å²) in [6.07, 6.45) is -0.0891. The van der Waals surface area contributed by atoms with Crippen LogP contribution >= 0.6 is 0 Å². The van der Waals surface area contributed by atoms with Crippen molar-refractivity contribution >= 4 is 5.97 Å². The maximum atomic E-state index is 10.9. The highest BCUT2D eigenvalue weighted by Crippen LogP contribution is 2.29. The van der Waals surface area contributed by atoms with Crippen molar-refractivity contribution in [3.8, 4) is 16.9 Å². The number of rotatable bonds is 4. The lowest BCUT2D eigenvalue weighted by Gasteiger charge is -2.06. The molecule has 1 N–H and O–H groups in total. The first-order chi connectivity index (χ1) is 9.02. The van der Waals surface area contributed by atoms with Gasteiger partial charge in [0.1, 0.15) is 5.75 Å². The number of carbonyl (C=O) groups is 1. The van der Waals surface area contributed by atoms with E-state index in [4.69, 9.17) is 9.84 Å². The van der Waals surface area contributed by atoms with Crippen LogP contribution in [-0.4, -0.2) is 28.0 Å². The van der Waals surface area contributed by atoms with Crippen molar-refractivity contribution < 1.29 is 14.6 Å². The Morgan fingerprint density at radius 1 is 1.47 bits per heavy atom. The van der Waals surface area contributed by atoms with E-state index < -0.39 is 5.97 Å². The van der Waals surface area contributed by atoms with Gasteiger partial charge in [-0.2, -0.15) is 5.10 Å². The number of ether oxygens (including phenoxy) is 1. The first-order valence-electron chi connectivity index (χ1n) is 5.91. The fourth-order valence-corrected chi connectivity index (χ4v) is 2.10. The Morgan fingerprint density at radius 3 is 2.84 bits per heavy atom. The minimum atomic E-state index is -0.887. The van der Waals surface area contributed by atoms with E-state index in [1.807, 2.05) is 38.2 Å². The van der Waals surface area contributed by atoms with Gasteiger partial charge in [0.15, 0.2) is 0 Å². The molecule has 0 unspecified atom stereocenters. The largest absolute Gasteiger partial charge is 0.497 e. The minimum Gasteiger partial charge on any atom is -0.497 e. The molecule has 0 aliphatic carbocycles. The quantitative estimate of drug-likeness (QED) is 0.913. The van der Waals surface area contributed by atoms with Crippen molar-refractivity contribution in [3.63, 3.8) is 0 Å². The zero-order valence-corrected chi connectivity index (χ0v) is 11.2. The molecule has 1 aromatic carbocycles. The van der Waals surface area contributed by atoms with Crippen LogP contribution in [0.5, 0.6) is 5.75 Å². The summed E-state index contributed by atoms with van der Waals surface area (Å²) in [6.45, 7) is 1.92. The van der Waals surface area contributed by atoms with Gasteiger partial charge in [-0.25, -0.2) is 0 Å². The van der Waals surface area contributed by atoms with E-state index >= 15 is 0 Å². The number of carboxylic acids is 1. The summed E-state index contributed by atoms with van der Waals surface area (Å²) >= 11 is 0. The molecule has 0 spiro atoms. The van der Waals surface area contributed by atoms with Crippen molar-refractivity contribution in [2.75, 3.05) is 7.11 Å². The summed E-state index contributed by atoms with van der Waals surface area (Å²) in [4.78, 5) is 10.9. The highest BCUT2D eigenvalue weighted by atomic mass is 16.5. The fourth-order valence-electron chi connectivity index (χ4n) is 2.10. The Hall–Kier alpha value is -2.30. The molecule has 0 amide bonds. The van der Waals surface area contributed by atoms with Crippen LogP contribution in [0, 0.1) is 6.92 Å². The minimum absolute atomic E-state index is 0.0891. The standard InChI is InChI=1S/C14H16N2O3/c1-9-14(10-5-4-6-11(7-10)19-3)12(8-13(17)18)15-16(9)2/h4-7H,8H2,1-3H3,(H,17,18). The van der Waals surface area contributed by atoms with Crippen LogP contribution in [0.1, 0.15) is 11.4 Å². The topological polar surface area (TPSA) is 64.3 Å². The number of carboxylic acid groups (broad SMARTS) is 1. The second kappa shape index (κ2) is 5.14. The number of aromatic nitrogens is 2. The first kappa shape index (κ1) is 13.1. The molecule has 0 aliphatic rings. The third kappa shape index (κ3) is 2.59. The van der Waals surface area contributed by atoms with Crippen LogP contribution in [-0.2, 0) is 18.3 Å². The summed E-state index contributed by atoms with van der Waals surface area (Å²) in [5, 5.41) is 13.2. The smallest absolute Gasteiger partial charge is 0.309 e. The van der Waals surface area contributed by atoms with Crippen molar-refractivity contribution in [2.45, 2.75) is 13.3 Å². The van der Waals surface area contributed by atoms with Crippen molar-refractivity contribution in [2.24, 2.45) is 7.05 Å². The van der Waals surface area contributed by atoms with Crippen molar-refractivity contribution in [1.82, 2.24) is 9.78 Å². The molecule has 0 aliphatic heterocycles. The van der Waals surface area contributed by atoms with Crippen LogP contribution in [0.2, 0.25) is 0 Å². The molecule has 0 atom stereocenters. The lowest BCUT2D eigenvalue weighted by Crippen LogP contribution is -2.02. The number of methoxy groups -OCH3 is 1. The Balaban J connectivity index is 2.56. The third-order valence-electron chi connectivity index (χ3n) is 3.08. The van der Waals surface area contributed by atoms with Gasteiger partial charge in [-0.15, -0.1) is 0 Å². The van der Waals surface area contributed by atoms with Crippen molar-refractivity contribution in [3.05, 3.63) is 35.7 Å². The number of nitrogens with zero attached hydrogens (tertiary/aromatic N) is 2. The highest BCUT2D eigenvalue weighted by Gasteiger charge is 2.17. The predicted molar refractivity (Wildman–Crippen MR) is 71.3 cm³/mol. The summed E-state index contributed by atoms with van der Waals surface area (Å²) in [7, 11) is 3.41. The molecular weight excluding hydrogens is 244 g/mol. The maximum absolute atomic E-state index is 10.9. The number of hydrogen-bond acceptors (Lipinski definition) is 3.